The lowest BCUT2D eigenvalue weighted by Gasteiger charge is -2.22. The summed E-state index contributed by atoms with van der Waals surface area (Å²) in [6.07, 6.45) is 5.24. The second-order valence-corrected chi connectivity index (χ2v) is 3.96. The lowest BCUT2D eigenvalue weighted by atomic mass is 10.1. The van der Waals surface area contributed by atoms with Gasteiger partial charge in [0.05, 0.1) is 12.7 Å². The largest absolute Gasteiger partial charge is 0.475 e. The standard InChI is InChI=1S/C12H17NO3/c14-8-10-4-5-13-12(7-10)16-9-11-3-1-2-6-15-11/h4-5,7,11,14H,1-3,6,8-9H2. The molecule has 2 rings (SSSR count). The van der Waals surface area contributed by atoms with E-state index in [-0.39, 0.29) is 12.7 Å². The summed E-state index contributed by atoms with van der Waals surface area (Å²) >= 11 is 0. The number of aliphatic hydroxyl groups excluding tert-OH is 1. The molecular weight excluding hydrogens is 206 g/mol. The number of nitrogens with zero attached hydrogens (tertiary/aromatic N) is 1. The van der Waals surface area contributed by atoms with E-state index in [9.17, 15) is 0 Å². The topological polar surface area (TPSA) is 51.6 Å². The van der Waals surface area contributed by atoms with Gasteiger partial charge in [0.15, 0.2) is 0 Å². The third-order valence-corrected chi connectivity index (χ3v) is 2.67. The Labute approximate surface area is 95.2 Å². The fraction of sp³-hybridized carbons (Fsp3) is 0.583. The lowest BCUT2D eigenvalue weighted by Crippen LogP contribution is -2.26. The highest BCUT2D eigenvalue weighted by Gasteiger charge is 2.14. The molecule has 0 aliphatic carbocycles. The normalized spacial score (nSPS) is 20.7. The Bertz CT molecular complexity index is 324. The van der Waals surface area contributed by atoms with Crippen LogP contribution in [0.15, 0.2) is 18.3 Å². The van der Waals surface area contributed by atoms with Crippen LogP contribution in [0.1, 0.15) is 24.8 Å². The zero-order valence-corrected chi connectivity index (χ0v) is 9.26. The third-order valence-electron chi connectivity index (χ3n) is 2.67. The third kappa shape index (κ3) is 3.18. The molecule has 1 fully saturated rings. The first kappa shape index (κ1) is 11.4. The smallest absolute Gasteiger partial charge is 0.213 e. The summed E-state index contributed by atoms with van der Waals surface area (Å²) in [6, 6.07) is 3.52. The van der Waals surface area contributed by atoms with Gasteiger partial charge in [-0.2, -0.15) is 0 Å². The van der Waals surface area contributed by atoms with Crippen LogP contribution < -0.4 is 4.74 Å². The van der Waals surface area contributed by atoms with E-state index in [0.717, 1.165) is 25.0 Å². The van der Waals surface area contributed by atoms with Crippen LogP contribution in [0.25, 0.3) is 0 Å². The van der Waals surface area contributed by atoms with E-state index in [1.165, 1.54) is 6.42 Å². The van der Waals surface area contributed by atoms with Crippen molar-refractivity contribution in [3.8, 4) is 5.88 Å². The van der Waals surface area contributed by atoms with E-state index >= 15 is 0 Å². The fourth-order valence-electron chi connectivity index (χ4n) is 1.74. The monoisotopic (exact) mass is 223 g/mol. The Morgan fingerprint density at radius 2 is 2.44 bits per heavy atom. The van der Waals surface area contributed by atoms with E-state index in [1.807, 2.05) is 0 Å². The maximum atomic E-state index is 8.97. The Morgan fingerprint density at radius 1 is 1.50 bits per heavy atom. The molecule has 16 heavy (non-hydrogen) atoms. The van der Waals surface area contributed by atoms with Gasteiger partial charge in [0.1, 0.15) is 6.61 Å². The molecule has 4 nitrogen and oxygen atoms in total. The van der Waals surface area contributed by atoms with Crippen LogP contribution in [-0.4, -0.2) is 29.4 Å². The second-order valence-electron chi connectivity index (χ2n) is 3.96. The maximum absolute atomic E-state index is 8.97. The van der Waals surface area contributed by atoms with Crippen molar-refractivity contribution >= 4 is 0 Å². The molecule has 88 valence electrons. The molecular formula is C12H17NO3. The average Bonchev–Trinajstić information content (AvgIpc) is 2.38. The summed E-state index contributed by atoms with van der Waals surface area (Å²) in [6.45, 7) is 1.39. The predicted molar refractivity (Wildman–Crippen MR) is 59.2 cm³/mol. The van der Waals surface area contributed by atoms with Crippen LogP contribution in [0.2, 0.25) is 0 Å². The SMILES string of the molecule is OCc1ccnc(OCC2CCCCO2)c1. The molecule has 1 aromatic heterocycles. The lowest BCUT2D eigenvalue weighted by molar-refractivity contribution is -0.0119. The summed E-state index contributed by atoms with van der Waals surface area (Å²) in [5.41, 5.74) is 0.814. The van der Waals surface area contributed by atoms with Crippen molar-refractivity contribution in [3.05, 3.63) is 23.9 Å². The van der Waals surface area contributed by atoms with Gasteiger partial charge >= 0.3 is 0 Å². The van der Waals surface area contributed by atoms with Gasteiger partial charge in [0.2, 0.25) is 5.88 Å². The molecule has 2 heterocycles. The molecule has 0 radical (unpaired) electrons. The van der Waals surface area contributed by atoms with Gasteiger partial charge in [-0.05, 0) is 30.9 Å². The fourth-order valence-corrected chi connectivity index (χ4v) is 1.74. The number of aromatic nitrogens is 1. The maximum Gasteiger partial charge on any atom is 0.213 e. The summed E-state index contributed by atoms with van der Waals surface area (Å²) in [7, 11) is 0. The summed E-state index contributed by atoms with van der Waals surface area (Å²) in [5.74, 6) is 0.556. The van der Waals surface area contributed by atoms with Gasteiger partial charge in [-0.1, -0.05) is 0 Å². The van der Waals surface area contributed by atoms with Crippen LogP contribution in [0.4, 0.5) is 0 Å². The summed E-state index contributed by atoms with van der Waals surface area (Å²) < 4.78 is 11.1. The molecule has 1 atom stereocenters. The molecule has 1 unspecified atom stereocenters. The van der Waals surface area contributed by atoms with Gasteiger partial charge in [0.25, 0.3) is 0 Å². The highest BCUT2D eigenvalue weighted by atomic mass is 16.5. The van der Waals surface area contributed by atoms with Crippen LogP contribution in [-0.2, 0) is 11.3 Å². The summed E-state index contributed by atoms with van der Waals surface area (Å²) in [4.78, 5) is 4.08. The van der Waals surface area contributed by atoms with Gasteiger partial charge in [0, 0.05) is 18.9 Å². The van der Waals surface area contributed by atoms with E-state index < -0.39 is 0 Å². The molecule has 0 aromatic carbocycles. The Balaban J connectivity index is 1.83. The van der Waals surface area contributed by atoms with Crippen molar-refractivity contribution in [2.45, 2.75) is 32.0 Å². The minimum absolute atomic E-state index is 0.0127. The molecule has 0 saturated carbocycles. The highest BCUT2D eigenvalue weighted by molar-refractivity contribution is 5.19. The molecule has 1 N–H and O–H groups in total. The van der Waals surface area contributed by atoms with Gasteiger partial charge in [-0.15, -0.1) is 0 Å². The van der Waals surface area contributed by atoms with Crippen molar-refractivity contribution < 1.29 is 14.6 Å². The van der Waals surface area contributed by atoms with Gasteiger partial charge < -0.3 is 14.6 Å². The van der Waals surface area contributed by atoms with E-state index in [4.69, 9.17) is 14.6 Å². The zero-order chi connectivity index (χ0) is 11.2. The number of aliphatic hydroxyl groups is 1. The molecule has 1 saturated heterocycles. The number of pyridine rings is 1. The molecule has 0 bridgehead atoms. The number of hydrogen-bond donors (Lipinski definition) is 1. The van der Waals surface area contributed by atoms with E-state index in [2.05, 4.69) is 4.98 Å². The van der Waals surface area contributed by atoms with Crippen LogP contribution in [0.3, 0.4) is 0 Å². The Kier molecular flexibility index (Phi) is 4.13. The molecule has 1 aliphatic heterocycles. The average molecular weight is 223 g/mol. The molecule has 0 spiro atoms. The van der Waals surface area contributed by atoms with Crippen molar-refractivity contribution in [1.29, 1.82) is 0 Å². The molecule has 4 heteroatoms. The van der Waals surface area contributed by atoms with Crippen LogP contribution in [0, 0.1) is 0 Å². The second kappa shape index (κ2) is 5.82. The van der Waals surface area contributed by atoms with Crippen molar-refractivity contribution in [2.75, 3.05) is 13.2 Å². The van der Waals surface area contributed by atoms with Crippen molar-refractivity contribution in [1.82, 2.24) is 4.98 Å². The van der Waals surface area contributed by atoms with E-state index in [0.29, 0.717) is 12.5 Å². The predicted octanol–water partition coefficient (Wildman–Crippen LogP) is 1.52. The van der Waals surface area contributed by atoms with Crippen molar-refractivity contribution in [2.24, 2.45) is 0 Å². The minimum atomic E-state index is 0.0127. The van der Waals surface area contributed by atoms with Gasteiger partial charge in [-0.3, -0.25) is 0 Å². The first-order valence-corrected chi connectivity index (χ1v) is 5.68. The first-order valence-electron chi connectivity index (χ1n) is 5.68. The Hall–Kier alpha value is -1.13. The molecule has 0 amide bonds. The highest BCUT2D eigenvalue weighted by Crippen LogP contribution is 2.15. The number of rotatable bonds is 4. The number of ether oxygens (including phenoxy) is 2. The van der Waals surface area contributed by atoms with Crippen LogP contribution >= 0.6 is 0 Å². The molecule has 1 aromatic rings. The quantitative estimate of drug-likeness (QED) is 0.840. The minimum Gasteiger partial charge on any atom is -0.475 e. The first-order chi connectivity index (χ1) is 7.88. The number of hydrogen-bond acceptors (Lipinski definition) is 4. The van der Waals surface area contributed by atoms with Crippen LogP contribution in [0.5, 0.6) is 5.88 Å². The zero-order valence-electron chi connectivity index (χ0n) is 9.26. The Morgan fingerprint density at radius 3 is 3.19 bits per heavy atom. The molecule has 1 aliphatic rings. The summed E-state index contributed by atoms with van der Waals surface area (Å²) in [5, 5.41) is 8.97. The van der Waals surface area contributed by atoms with Crippen molar-refractivity contribution in [3.63, 3.8) is 0 Å². The van der Waals surface area contributed by atoms with E-state index in [1.54, 1.807) is 18.3 Å². The van der Waals surface area contributed by atoms with Gasteiger partial charge in [-0.25, -0.2) is 4.98 Å².